The van der Waals surface area contributed by atoms with E-state index in [9.17, 15) is 4.79 Å². The summed E-state index contributed by atoms with van der Waals surface area (Å²) in [5.74, 6) is 1.67. The third-order valence-electron chi connectivity index (χ3n) is 4.50. The van der Waals surface area contributed by atoms with E-state index in [4.69, 9.17) is 4.74 Å². The second-order valence-electron chi connectivity index (χ2n) is 6.56. The second-order valence-corrected chi connectivity index (χ2v) is 7.50. The van der Waals surface area contributed by atoms with Crippen molar-refractivity contribution in [2.45, 2.75) is 32.0 Å². The van der Waals surface area contributed by atoms with Gasteiger partial charge in [-0.25, -0.2) is 0 Å². The van der Waals surface area contributed by atoms with Crippen LogP contribution in [0.25, 0.3) is 0 Å². The number of carbonyl (C=O) groups is 1. The highest BCUT2D eigenvalue weighted by atomic mass is 32.2. The quantitative estimate of drug-likeness (QED) is 0.603. The van der Waals surface area contributed by atoms with Gasteiger partial charge in [-0.15, -0.1) is 10.2 Å². The summed E-state index contributed by atoms with van der Waals surface area (Å²) in [6.45, 7) is 5.96. The molecule has 0 aliphatic carbocycles. The number of aromatic nitrogens is 3. The van der Waals surface area contributed by atoms with E-state index < -0.39 is 0 Å². The molecule has 3 rings (SSSR count). The molecular weight excluding hydrogens is 372 g/mol. The van der Waals surface area contributed by atoms with Crippen LogP contribution in [0.15, 0.2) is 53.7 Å². The summed E-state index contributed by atoms with van der Waals surface area (Å²) in [4.78, 5) is 12.3. The summed E-state index contributed by atoms with van der Waals surface area (Å²) in [7, 11) is 1.88. The SMILES string of the molecule is Cc1cccc(NC(=O)CSc2nnc(C(C)Oc3ccccc3)n2C)c1C. The van der Waals surface area contributed by atoms with Crippen LogP contribution >= 0.6 is 11.8 Å². The largest absolute Gasteiger partial charge is 0.483 e. The van der Waals surface area contributed by atoms with E-state index >= 15 is 0 Å². The lowest BCUT2D eigenvalue weighted by molar-refractivity contribution is -0.113. The van der Waals surface area contributed by atoms with Gasteiger partial charge in [0, 0.05) is 12.7 Å². The van der Waals surface area contributed by atoms with Crippen molar-refractivity contribution in [2.24, 2.45) is 7.05 Å². The van der Waals surface area contributed by atoms with Crippen molar-refractivity contribution >= 4 is 23.4 Å². The summed E-state index contributed by atoms with van der Waals surface area (Å²) < 4.78 is 7.78. The van der Waals surface area contributed by atoms with E-state index in [1.54, 1.807) is 0 Å². The van der Waals surface area contributed by atoms with Gasteiger partial charge in [0.25, 0.3) is 0 Å². The molecule has 0 saturated heterocycles. The van der Waals surface area contributed by atoms with Gasteiger partial charge in [0.2, 0.25) is 5.91 Å². The van der Waals surface area contributed by atoms with Crippen LogP contribution in [-0.2, 0) is 11.8 Å². The molecule has 1 N–H and O–H groups in total. The third kappa shape index (κ3) is 4.72. The Morgan fingerprint density at radius 2 is 1.89 bits per heavy atom. The van der Waals surface area contributed by atoms with Crippen LogP contribution in [0.5, 0.6) is 5.75 Å². The van der Waals surface area contributed by atoms with Crippen LogP contribution in [0.1, 0.15) is 30.0 Å². The zero-order valence-corrected chi connectivity index (χ0v) is 17.3. The summed E-state index contributed by atoms with van der Waals surface area (Å²) >= 11 is 1.35. The Morgan fingerprint density at radius 3 is 2.64 bits per heavy atom. The molecule has 6 nitrogen and oxygen atoms in total. The fraction of sp³-hybridized carbons (Fsp3) is 0.286. The molecule has 1 amide bonds. The molecule has 0 saturated carbocycles. The van der Waals surface area contributed by atoms with Crippen molar-refractivity contribution in [1.29, 1.82) is 0 Å². The molecule has 3 aromatic rings. The number of carbonyl (C=O) groups excluding carboxylic acids is 1. The van der Waals surface area contributed by atoms with Crippen molar-refractivity contribution in [3.63, 3.8) is 0 Å². The molecule has 1 atom stereocenters. The third-order valence-corrected chi connectivity index (χ3v) is 5.52. The first-order valence-electron chi connectivity index (χ1n) is 9.05. The molecule has 2 aromatic carbocycles. The number of amides is 1. The monoisotopic (exact) mass is 396 g/mol. The van der Waals surface area contributed by atoms with Crippen LogP contribution in [0.2, 0.25) is 0 Å². The predicted octanol–water partition coefficient (Wildman–Crippen LogP) is 4.30. The molecule has 7 heteroatoms. The first-order valence-corrected chi connectivity index (χ1v) is 10.0. The Bertz CT molecular complexity index is 956. The molecule has 0 fully saturated rings. The standard InChI is InChI=1S/C21H24N4O2S/c1-14-9-8-12-18(15(14)2)22-19(26)13-28-21-24-23-20(25(21)4)16(3)27-17-10-6-5-7-11-17/h5-12,16H,13H2,1-4H3,(H,22,26). The van der Waals surface area contributed by atoms with Crippen molar-refractivity contribution < 1.29 is 9.53 Å². The number of hydrogen-bond donors (Lipinski definition) is 1. The molecule has 146 valence electrons. The lowest BCUT2D eigenvalue weighted by Gasteiger charge is -2.14. The van der Waals surface area contributed by atoms with Gasteiger partial charge in [0.15, 0.2) is 17.1 Å². The number of rotatable bonds is 7. The number of para-hydroxylation sites is 1. The Hall–Kier alpha value is -2.80. The molecule has 1 unspecified atom stereocenters. The average Bonchev–Trinajstić information content (AvgIpc) is 3.05. The number of hydrogen-bond acceptors (Lipinski definition) is 5. The highest BCUT2D eigenvalue weighted by Gasteiger charge is 2.18. The number of aryl methyl sites for hydroxylation is 1. The number of benzene rings is 2. The predicted molar refractivity (Wildman–Crippen MR) is 112 cm³/mol. The van der Waals surface area contributed by atoms with Crippen LogP contribution in [0.4, 0.5) is 5.69 Å². The van der Waals surface area contributed by atoms with Gasteiger partial charge in [0.05, 0.1) is 5.75 Å². The number of nitrogens with one attached hydrogen (secondary N) is 1. The highest BCUT2D eigenvalue weighted by Crippen LogP contribution is 2.24. The minimum absolute atomic E-state index is 0.0724. The number of nitrogens with zero attached hydrogens (tertiary/aromatic N) is 3. The Labute approximate surface area is 169 Å². The smallest absolute Gasteiger partial charge is 0.234 e. The van der Waals surface area contributed by atoms with Gasteiger partial charge < -0.3 is 14.6 Å². The number of thioether (sulfide) groups is 1. The molecule has 28 heavy (non-hydrogen) atoms. The van der Waals surface area contributed by atoms with Crippen LogP contribution in [0.3, 0.4) is 0 Å². The summed E-state index contributed by atoms with van der Waals surface area (Å²) in [6.07, 6.45) is -0.252. The van der Waals surface area contributed by atoms with Crippen molar-refractivity contribution in [1.82, 2.24) is 14.8 Å². The maximum absolute atomic E-state index is 12.3. The first-order chi connectivity index (χ1) is 13.5. The van der Waals surface area contributed by atoms with E-state index in [1.165, 1.54) is 11.8 Å². The first kappa shape index (κ1) is 19.9. The van der Waals surface area contributed by atoms with Crippen LogP contribution in [0, 0.1) is 13.8 Å². The Morgan fingerprint density at radius 1 is 1.14 bits per heavy atom. The maximum atomic E-state index is 12.3. The fourth-order valence-corrected chi connectivity index (χ4v) is 3.48. The van der Waals surface area contributed by atoms with E-state index in [0.717, 1.165) is 22.6 Å². The lowest BCUT2D eigenvalue weighted by Crippen LogP contribution is -2.15. The maximum Gasteiger partial charge on any atom is 0.234 e. The molecule has 0 aliphatic rings. The molecule has 0 spiro atoms. The zero-order valence-electron chi connectivity index (χ0n) is 16.5. The van der Waals surface area contributed by atoms with E-state index in [-0.39, 0.29) is 17.8 Å². The van der Waals surface area contributed by atoms with Crippen LogP contribution < -0.4 is 10.1 Å². The van der Waals surface area contributed by atoms with E-state index in [1.807, 2.05) is 80.9 Å². The van der Waals surface area contributed by atoms with Gasteiger partial charge in [-0.1, -0.05) is 42.1 Å². The summed E-state index contributed by atoms with van der Waals surface area (Å²) in [5.41, 5.74) is 3.07. The molecule has 0 bridgehead atoms. The molecule has 1 heterocycles. The van der Waals surface area contributed by atoms with Gasteiger partial charge in [0.1, 0.15) is 5.75 Å². The fourth-order valence-electron chi connectivity index (χ4n) is 2.76. The summed E-state index contributed by atoms with van der Waals surface area (Å²) in [6, 6.07) is 15.5. The van der Waals surface area contributed by atoms with Crippen molar-refractivity contribution in [3.05, 3.63) is 65.5 Å². The van der Waals surface area contributed by atoms with Gasteiger partial charge >= 0.3 is 0 Å². The number of ether oxygens (including phenoxy) is 1. The van der Waals surface area contributed by atoms with Gasteiger partial charge in [-0.2, -0.15) is 0 Å². The molecule has 0 radical (unpaired) electrons. The van der Waals surface area contributed by atoms with E-state index in [2.05, 4.69) is 15.5 Å². The Balaban J connectivity index is 1.59. The lowest BCUT2D eigenvalue weighted by atomic mass is 10.1. The minimum atomic E-state index is -0.252. The van der Waals surface area contributed by atoms with Gasteiger partial charge in [-0.05, 0) is 50.1 Å². The minimum Gasteiger partial charge on any atom is -0.483 e. The van der Waals surface area contributed by atoms with Crippen molar-refractivity contribution in [3.8, 4) is 5.75 Å². The Kier molecular flexibility index (Phi) is 6.36. The zero-order chi connectivity index (χ0) is 20.1. The van der Waals surface area contributed by atoms with Gasteiger partial charge in [-0.3, -0.25) is 4.79 Å². The van der Waals surface area contributed by atoms with Crippen LogP contribution in [-0.4, -0.2) is 26.4 Å². The molecule has 0 aliphatic heterocycles. The molecule has 1 aromatic heterocycles. The van der Waals surface area contributed by atoms with Crippen molar-refractivity contribution in [2.75, 3.05) is 11.1 Å². The van der Waals surface area contributed by atoms with E-state index in [0.29, 0.717) is 11.0 Å². The number of anilines is 1. The highest BCUT2D eigenvalue weighted by molar-refractivity contribution is 7.99. The second kappa shape index (κ2) is 8.93. The normalized spacial score (nSPS) is 11.9. The summed E-state index contributed by atoms with van der Waals surface area (Å²) in [5, 5.41) is 12.1. The molecular formula is C21H24N4O2S. The topological polar surface area (TPSA) is 69.0 Å². The average molecular weight is 397 g/mol.